The molecule has 0 saturated heterocycles. The molecule has 102 valence electrons. The van der Waals surface area contributed by atoms with Crippen LogP contribution in [0.4, 0.5) is 0 Å². The SMILES string of the molecule is CC(C)CNCC(C)CN(C)Cc1ccncc1. The molecule has 1 unspecified atom stereocenters. The van der Waals surface area contributed by atoms with Crippen LogP contribution in [-0.2, 0) is 6.54 Å². The molecule has 0 aliphatic rings. The van der Waals surface area contributed by atoms with Gasteiger partial charge in [0.1, 0.15) is 0 Å². The first kappa shape index (κ1) is 15.1. The highest BCUT2D eigenvalue weighted by Gasteiger charge is 2.07. The zero-order valence-electron chi connectivity index (χ0n) is 12.2. The molecule has 0 amide bonds. The van der Waals surface area contributed by atoms with Crippen molar-refractivity contribution in [1.82, 2.24) is 15.2 Å². The van der Waals surface area contributed by atoms with Gasteiger partial charge in [-0.15, -0.1) is 0 Å². The lowest BCUT2D eigenvalue weighted by molar-refractivity contribution is 0.272. The fraction of sp³-hybridized carbons (Fsp3) is 0.667. The van der Waals surface area contributed by atoms with Gasteiger partial charge in [0.05, 0.1) is 0 Å². The molecule has 0 radical (unpaired) electrons. The van der Waals surface area contributed by atoms with Gasteiger partial charge < -0.3 is 10.2 Å². The molecule has 0 spiro atoms. The Kier molecular flexibility index (Phi) is 6.91. The predicted octanol–water partition coefficient (Wildman–Crippen LogP) is 2.40. The quantitative estimate of drug-likeness (QED) is 0.767. The first-order valence-electron chi connectivity index (χ1n) is 6.86. The monoisotopic (exact) mass is 249 g/mol. The molecule has 0 aromatic carbocycles. The minimum absolute atomic E-state index is 0.676. The van der Waals surface area contributed by atoms with Crippen LogP contribution in [0.15, 0.2) is 24.5 Å². The van der Waals surface area contributed by atoms with Crippen molar-refractivity contribution in [1.29, 1.82) is 0 Å². The first-order valence-corrected chi connectivity index (χ1v) is 6.86. The van der Waals surface area contributed by atoms with E-state index in [1.165, 1.54) is 5.56 Å². The van der Waals surface area contributed by atoms with Gasteiger partial charge >= 0.3 is 0 Å². The molecule has 0 aliphatic heterocycles. The van der Waals surface area contributed by atoms with E-state index in [2.05, 4.69) is 55.2 Å². The summed E-state index contributed by atoms with van der Waals surface area (Å²) >= 11 is 0. The number of hydrogen-bond donors (Lipinski definition) is 1. The molecular weight excluding hydrogens is 222 g/mol. The van der Waals surface area contributed by atoms with E-state index in [0.717, 1.165) is 32.1 Å². The summed E-state index contributed by atoms with van der Waals surface area (Å²) in [7, 11) is 2.18. The number of nitrogens with one attached hydrogen (secondary N) is 1. The van der Waals surface area contributed by atoms with Gasteiger partial charge in [-0.1, -0.05) is 20.8 Å². The van der Waals surface area contributed by atoms with Gasteiger partial charge in [-0.05, 0) is 49.7 Å². The zero-order chi connectivity index (χ0) is 13.4. The topological polar surface area (TPSA) is 28.2 Å². The van der Waals surface area contributed by atoms with Crippen LogP contribution in [0.2, 0.25) is 0 Å². The van der Waals surface area contributed by atoms with E-state index in [1.54, 1.807) is 0 Å². The Bertz CT molecular complexity index is 311. The lowest BCUT2D eigenvalue weighted by Crippen LogP contribution is -2.32. The Morgan fingerprint density at radius 1 is 1.17 bits per heavy atom. The van der Waals surface area contributed by atoms with Gasteiger partial charge in [0, 0.05) is 25.5 Å². The summed E-state index contributed by atoms with van der Waals surface area (Å²) in [5, 5.41) is 3.52. The van der Waals surface area contributed by atoms with Crippen molar-refractivity contribution in [2.75, 3.05) is 26.7 Å². The van der Waals surface area contributed by atoms with Crippen LogP contribution in [-0.4, -0.2) is 36.6 Å². The highest BCUT2D eigenvalue weighted by atomic mass is 15.1. The maximum absolute atomic E-state index is 4.04. The van der Waals surface area contributed by atoms with Gasteiger partial charge in [0.2, 0.25) is 0 Å². The third kappa shape index (κ3) is 6.72. The van der Waals surface area contributed by atoms with Crippen LogP contribution in [0.3, 0.4) is 0 Å². The van der Waals surface area contributed by atoms with Crippen LogP contribution < -0.4 is 5.32 Å². The summed E-state index contributed by atoms with van der Waals surface area (Å²) in [6.07, 6.45) is 3.72. The minimum Gasteiger partial charge on any atom is -0.316 e. The number of aromatic nitrogens is 1. The number of pyridine rings is 1. The highest BCUT2D eigenvalue weighted by molar-refractivity contribution is 5.09. The van der Waals surface area contributed by atoms with Crippen molar-refractivity contribution in [2.24, 2.45) is 11.8 Å². The third-order valence-corrected chi connectivity index (χ3v) is 2.87. The van der Waals surface area contributed by atoms with Crippen LogP contribution in [0, 0.1) is 11.8 Å². The molecule has 1 aromatic heterocycles. The summed E-state index contributed by atoms with van der Waals surface area (Å²) in [6.45, 7) is 11.1. The van der Waals surface area contributed by atoms with Crippen molar-refractivity contribution in [3.63, 3.8) is 0 Å². The maximum atomic E-state index is 4.04. The van der Waals surface area contributed by atoms with Gasteiger partial charge in [-0.25, -0.2) is 0 Å². The van der Waals surface area contributed by atoms with Gasteiger partial charge in [0.15, 0.2) is 0 Å². The number of hydrogen-bond acceptors (Lipinski definition) is 3. The summed E-state index contributed by atoms with van der Waals surface area (Å²) in [5.41, 5.74) is 1.33. The van der Waals surface area contributed by atoms with E-state index in [1.807, 2.05) is 12.4 Å². The van der Waals surface area contributed by atoms with Crippen molar-refractivity contribution >= 4 is 0 Å². The van der Waals surface area contributed by atoms with E-state index in [9.17, 15) is 0 Å². The van der Waals surface area contributed by atoms with Crippen LogP contribution in [0.1, 0.15) is 26.3 Å². The molecule has 0 bridgehead atoms. The molecular formula is C15H27N3. The molecule has 1 N–H and O–H groups in total. The van der Waals surface area contributed by atoms with Crippen LogP contribution in [0.5, 0.6) is 0 Å². The smallest absolute Gasteiger partial charge is 0.0271 e. The Labute approximate surface area is 112 Å². The second-order valence-corrected chi connectivity index (χ2v) is 5.71. The Morgan fingerprint density at radius 2 is 1.83 bits per heavy atom. The highest BCUT2D eigenvalue weighted by Crippen LogP contribution is 2.04. The molecule has 1 atom stereocenters. The van der Waals surface area contributed by atoms with Crippen molar-refractivity contribution in [3.05, 3.63) is 30.1 Å². The van der Waals surface area contributed by atoms with E-state index in [4.69, 9.17) is 0 Å². The second-order valence-electron chi connectivity index (χ2n) is 5.71. The van der Waals surface area contributed by atoms with Gasteiger partial charge in [-0.3, -0.25) is 4.98 Å². The Morgan fingerprint density at radius 3 is 2.44 bits per heavy atom. The molecule has 0 aliphatic carbocycles. The molecule has 1 rings (SSSR count). The van der Waals surface area contributed by atoms with Crippen molar-refractivity contribution < 1.29 is 0 Å². The molecule has 1 heterocycles. The largest absolute Gasteiger partial charge is 0.316 e. The van der Waals surface area contributed by atoms with Crippen molar-refractivity contribution in [2.45, 2.75) is 27.3 Å². The fourth-order valence-corrected chi connectivity index (χ4v) is 2.08. The summed E-state index contributed by atoms with van der Waals surface area (Å²) < 4.78 is 0. The molecule has 3 heteroatoms. The fourth-order valence-electron chi connectivity index (χ4n) is 2.08. The number of rotatable bonds is 8. The summed E-state index contributed by atoms with van der Waals surface area (Å²) in [4.78, 5) is 6.41. The standard InChI is InChI=1S/C15H27N3/c1-13(2)9-17-10-14(3)11-18(4)12-15-5-7-16-8-6-15/h5-8,13-14,17H,9-12H2,1-4H3. The number of nitrogens with zero attached hydrogens (tertiary/aromatic N) is 2. The van der Waals surface area contributed by atoms with Crippen molar-refractivity contribution in [3.8, 4) is 0 Å². The predicted molar refractivity (Wildman–Crippen MR) is 77.4 cm³/mol. The minimum atomic E-state index is 0.676. The summed E-state index contributed by atoms with van der Waals surface area (Å²) in [5.74, 6) is 1.40. The average Bonchev–Trinajstić information content (AvgIpc) is 2.29. The van der Waals surface area contributed by atoms with E-state index >= 15 is 0 Å². The summed E-state index contributed by atoms with van der Waals surface area (Å²) in [6, 6.07) is 4.16. The average molecular weight is 249 g/mol. The van der Waals surface area contributed by atoms with E-state index in [0.29, 0.717) is 5.92 Å². The molecule has 0 saturated carbocycles. The van der Waals surface area contributed by atoms with Crippen LogP contribution >= 0.6 is 0 Å². The molecule has 0 fully saturated rings. The van der Waals surface area contributed by atoms with Gasteiger partial charge in [0.25, 0.3) is 0 Å². The lowest BCUT2D eigenvalue weighted by atomic mass is 10.1. The molecule has 18 heavy (non-hydrogen) atoms. The first-order chi connectivity index (χ1) is 8.58. The Hall–Kier alpha value is -0.930. The molecule has 3 nitrogen and oxygen atoms in total. The van der Waals surface area contributed by atoms with E-state index in [-0.39, 0.29) is 0 Å². The van der Waals surface area contributed by atoms with E-state index < -0.39 is 0 Å². The lowest BCUT2D eigenvalue weighted by Gasteiger charge is -2.22. The normalized spacial score (nSPS) is 13.2. The van der Waals surface area contributed by atoms with Crippen LogP contribution in [0.25, 0.3) is 0 Å². The zero-order valence-corrected chi connectivity index (χ0v) is 12.2. The maximum Gasteiger partial charge on any atom is 0.0271 e. The third-order valence-electron chi connectivity index (χ3n) is 2.87. The molecule has 1 aromatic rings. The Balaban J connectivity index is 2.21. The second kappa shape index (κ2) is 8.22. The van der Waals surface area contributed by atoms with Gasteiger partial charge in [-0.2, -0.15) is 0 Å².